The van der Waals surface area contributed by atoms with Crippen molar-refractivity contribution in [1.29, 1.82) is 0 Å². The molecule has 0 bridgehead atoms. The van der Waals surface area contributed by atoms with Gasteiger partial charge in [0.25, 0.3) is 0 Å². The van der Waals surface area contributed by atoms with Crippen LogP contribution in [0.25, 0.3) is 0 Å². The molecular weight excluding hydrogens is 246 g/mol. The third kappa shape index (κ3) is 4.82. The number of ether oxygens (including phenoxy) is 1. The Balaban J connectivity index is 2.90. The van der Waals surface area contributed by atoms with E-state index in [0.717, 1.165) is 18.8 Å². The van der Waals surface area contributed by atoms with Crippen LogP contribution < -0.4 is 10.1 Å². The molecule has 0 aromatic heterocycles. The molecule has 2 heteroatoms. The highest BCUT2D eigenvalue weighted by molar-refractivity contribution is 5.38. The third-order valence-corrected chi connectivity index (χ3v) is 4.08. The molecule has 0 saturated carbocycles. The van der Waals surface area contributed by atoms with Gasteiger partial charge in [0.1, 0.15) is 5.75 Å². The first kappa shape index (κ1) is 17.0. The van der Waals surface area contributed by atoms with E-state index in [-0.39, 0.29) is 0 Å². The number of nitrogens with one attached hydrogen (secondary N) is 1. The lowest BCUT2D eigenvalue weighted by atomic mass is 9.84. The maximum absolute atomic E-state index is 5.48. The molecule has 2 unspecified atom stereocenters. The second kappa shape index (κ2) is 9.02. The normalized spacial score (nSPS) is 14.1. The van der Waals surface area contributed by atoms with Crippen molar-refractivity contribution in [1.82, 2.24) is 5.32 Å². The summed E-state index contributed by atoms with van der Waals surface area (Å²) < 4.78 is 5.48. The van der Waals surface area contributed by atoms with Crippen LogP contribution in [0.5, 0.6) is 5.75 Å². The predicted molar refractivity (Wildman–Crippen MR) is 87.7 cm³/mol. The topological polar surface area (TPSA) is 21.3 Å². The fourth-order valence-electron chi connectivity index (χ4n) is 2.81. The van der Waals surface area contributed by atoms with Gasteiger partial charge in [-0.3, -0.25) is 0 Å². The quantitative estimate of drug-likeness (QED) is 0.670. The standard InChI is InChI=1S/C18H31NO/c1-6-8-14(3)17(13-19-11-7-2)16-10-9-15(4)18(12-16)20-5/h9-10,12,14,17,19H,6-8,11,13H2,1-5H3. The lowest BCUT2D eigenvalue weighted by Gasteiger charge is -2.25. The lowest BCUT2D eigenvalue weighted by Crippen LogP contribution is -2.26. The molecule has 0 fully saturated rings. The Kier molecular flexibility index (Phi) is 7.68. The fourth-order valence-corrected chi connectivity index (χ4v) is 2.81. The van der Waals surface area contributed by atoms with Crippen molar-refractivity contribution in [2.24, 2.45) is 5.92 Å². The van der Waals surface area contributed by atoms with Crippen molar-refractivity contribution in [3.8, 4) is 5.75 Å². The van der Waals surface area contributed by atoms with Crippen LogP contribution >= 0.6 is 0 Å². The summed E-state index contributed by atoms with van der Waals surface area (Å²) in [6, 6.07) is 6.67. The van der Waals surface area contributed by atoms with Crippen molar-refractivity contribution >= 4 is 0 Å². The molecule has 1 aromatic rings. The number of benzene rings is 1. The first-order valence-electron chi connectivity index (χ1n) is 7.99. The maximum atomic E-state index is 5.48. The fraction of sp³-hybridized carbons (Fsp3) is 0.667. The predicted octanol–water partition coefficient (Wildman–Crippen LogP) is 4.52. The van der Waals surface area contributed by atoms with Crippen molar-refractivity contribution in [2.45, 2.75) is 52.9 Å². The second-order valence-corrected chi connectivity index (χ2v) is 5.81. The average Bonchev–Trinajstić information content (AvgIpc) is 2.45. The smallest absolute Gasteiger partial charge is 0.122 e. The molecule has 0 radical (unpaired) electrons. The van der Waals surface area contributed by atoms with Crippen LogP contribution in [0.2, 0.25) is 0 Å². The molecule has 2 nitrogen and oxygen atoms in total. The summed E-state index contributed by atoms with van der Waals surface area (Å²) in [7, 11) is 1.76. The molecule has 1 aromatic carbocycles. The van der Waals surface area contributed by atoms with E-state index in [1.807, 2.05) is 0 Å². The summed E-state index contributed by atoms with van der Waals surface area (Å²) in [6.07, 6.45) is 3.70. The number of methoxy groups -OCH3 is 1. The average molecular weight is 277 g/mol. The summed E-state index contributed by atoms with van der Waals surface area (Å²) in [5, 5.41) is 3.58. The number of hydrogen-bond acceptors (Lipinski definition) is 2. The number of hydrogen-bond donors (Lipinski definition) is 1. The van der Waals surface area contributed by atoms with Crippen LogP contribution in [-0.4, -0.2) is 20.2 Å². The van der Waals surface area contributed by atoms with E-state index in [2.05, 4.69) is 51.2 Å². The molecular formula is C18H31NO. The van der Waals surface area contributed by atoms with Gasteiger partial charge in [-0.1, -0.05) is 45.7 Å². The minimum absolute atomic E-state index is 0.566. The summed E-state index contributed by atoms with van der Waals surface area (Å²) >= 11 is 0. The van der Waals surface area contributed by atoms with Gasteiger partial charge in [0.05, 0.1) is 7.11 Å². The Morgan fingerprint density at radius 2 is 1.95 bits per heavy atom. The van der Waals surface area contributed by atoms with E-state index in [1.165, 1.54) is 30.4 Å². The summed E-state index contributed by atoms with van der Waals surface area (Å²) in [6.45, 7) is 11.1. The lowest BCUT2D eigenvalue weighted by molar-refractivity contribution is 0.394. The van der Waals surface area contributed by atoms with Gasteiger partial charge in [-0.2, -0.15) is 0 Å². The van der Waals surface area contributed by atoms with E-state index in [1.54, 1.807) is 7.11 Å². The molecule has 0 spiro atoms. The van der Waals surface area contributed by atoms with Crippen LogP contribution in [0, 0.1) is 12.8 Å². The van der Waals surface area contributed by atoms with Crippen molar-refractivity contribution < 1.29 is 4.74 Å². The maximum Gasteiger partial charge on any atom is 0.122 e. The molecule has 1 N–H and O–H groups in total. The zero-order chi connectivity index (χ0) is 15.0. The van der Waals surface area contributed by atoms with Gasteiger partial charge >= 0.3 is 0 Å². The molecule has 0 saturated heterocycles. The van der Waals surface area contributed by atoms with Gasteiger partial charge in [0, 0.05) is 6.54 Å². The Morgan fingerprint density at radius 3 is 2.55 bits per heavy atom. The van der Waals surface area contributed by atoms with Gasteiger partial charge in [-0.15, -0.1) is 0 Å². The molecule has 0 amide bonds. The monoisotopic (exact) mass is 277 g/mol. The van der Waals surface area contributed by atoms with Gasteiger partial charge in [-0.05, 0) is 48.9 Å². The molecule has 1 rings (SSSR count). The highest BCUT2D eigenvalue weighted by atomic mass is 16.5. The summed E-state index contributed by atoms with van der Waals surface area (Å²) in [5.41, 5.74) is 2.61. The van der Waals surface area contributed by atoms with Gasteiger partial charge < -0.3 is 10.1 Å². The highest BCUT2D eigenvalue weighted by Gasteiger charge is 2.19. The van der Waals surface area contributed by atoms with Crippen LogP contribution in [0.15, 0.2) is 18.2 Å². The van der Waals surface area contributed by atoms with E-state index in [0.29, 0.717) is 11.8 Å². The highest BCUT2D eigenvalue weighted by Crippen LogP contribution is 2.31. The largest absolute Gasteiger partial charge is 0.496 e. The number of rotatable bonds is 9. The van der Waals surface area contributed by atoms with Crippen LogP contribution in [0.1, 0.15) is 57.1 Å². The SMILES string of the molecule is CCCNCC(c1ccc(C)c(OC)c1)C(C)CCC. The molecule has 0 aliphatic carbocycles. The molecule has 0 aliphatic heterocycles. The Bertz CT molecular complexity index is 389. The molecule has 0 aliphatic rings. The van der Waals surface area contributed by atoms with Crippen molar-refractivity contribution in [2.75, 3.05) is 20.2 Å². The van der Waals surface area contributed by atoms with Crippen molar-refractivity contribution in [3.05, 3.63) is 29.3 Å². The van der Waals surface area contributed by atoms with Gasteiger partial charge in [0.2, 0.25) is 0 Å². The minimum atomic E-state index is 0.566. The van der Waals surface area contributed by atoms with Crippen LogP contribution in [0.3, 0.4) is 0 Å². The molecule has 0 heterocycles. The molecule has 114 valence electrons. The van der Waals surface area contributed by atoms with Crippen molar-refractivity contribution in [3.63, 3.8) is 0 Å². The first-order chi connectivity index (χ1) is 9.63. The van der Waals surface area contributed by atoms with E-state index in [9.17, 15) is 0 Å². The molecule has 20 heavy (non-hydrogen) atoms. The second-order valence-electron chi connectivity index (χ2n) is 5.81. The third-order valence-electron chi connectivity index (χ3n) is 4.08. The Labute approximate surface area is 124 Å². The molecule has 2 atom stereocenters. The number of aryl methyl sites for hydroxylation is 1. The van der Waals surface area contributed by atoms with E-state index in [4.69, 9.17) is 4.74 Å². The van der Waals surface area contributed by atoms with E-state index < -0.39 is 0 Å². The zero-order valence-electron chi connectivity index (χ0n) is 13.8. The van der Waals surface area contributed by atoms with Gasteiger partial charge in [-0.25, -0.2) is 0 Å². The van der Waals surface area contributed by atoms with E-state index >= 15 is 0 Å². The Morgan fingerprint density at radius 1 is 1.20 bits per heavy atom. The summed E-state index contributed by atoms with van der Waals surface area (Å²) in [4.78, 5) is 0. The van der Waals surface area contributed by atoms with Gasteiger partial charge in [0.15, 0.2) is 0 Å². The Hall–Kier alpha value is -1.02. The minimum Gasteiger partial charge on any atom is -0.496 e. The van der Waals surface area contributed by atoms with Crippen LogP contribution in [0.4, 0.5) is 0 Å². The first-order valence-corrected chi connectivity index (χ1v) is 7.99. The summed E-state index contributed by atoms with van der Waals surface area (Å²) in [5.74, 6) is 2.26. The van der Waals surface area contributed by atoms with Crippen LogP contribution in [-0.2, 0) is 0 Å². The zero-order valence-corrected chi connectivity index (χ0v) is 13.8.